The highest BCUT2D eigenvalue weighted by atomic mass is 16.3. The molecule has 7 nitrogen and oxygen atoms in total. The molecule has 1 saturated carbocycles. The Morgan fingerprint density at radius 1 is 1.42 bits per heavy atom. The molecule has 0 bridgehead atoms. The quantitative estimate of drug-likeness (QED) is 0.765. The van der Waals surface area contributed by atoms with Crippen LogP contribution in [0.4, 0.5) is 0 Å². The number of nitrogens with one attached hydrogen (secondary N) is 1. The van der Waals surface area contributed by atoms with Gasteiger partial charge in [-0.15, -0.1) is 0 Å². The van der Waals surface area contributed by atoms with E-state index >= 15 is 0 Å². The number of hydrogen-bond acceptors (Lipinski definition) is 5. The molecule has 2 aromatic heterocycles. The van der Waals surface area contributed by atoms with E-state index in [4.69, 9.17) is 4.42 Å². The van der Waals surface area contributed by atoms with Crippen molar-refractivity contribution in [1.29, 1.82) is 0 Å². The summed E-state index contributed by atoms with van der Waals surface area (Å²) in [6.07, 6.45) is 3.60. The van der Waals surface area contributed by atoms with Crippen LogP contribution in [0, 0.1) is 13.8 Å². The third-order valence-corrected chi connectivity index (χ3v) is 4.43. The zero-order valence-electron chi connectivity index (χ0n) is 13.4. The van der Waals surface area contributed by atoms with Crippen molar-refractivity contribution in [3.05, 3.63) is 47.6 Å². The average Bonchev–Trinajstić information content (AvgIpc) is 3.10. The number of hydrogen-bond donors (Lipinski definition) is 2. The van der Waals surface area contributed by atoms with E-state index in [9.17, 15) is 9.90 Å². The second-order valence-electron chi connectivity index (χ2n) is 6.26. The third-order valence-electron chi connectivity index (χ3n) is 4.43. The second-order valence-corrected chi connectivity index (χ2v) is 6.26. The van der Waals surface area contributed by atoms with Crippen molar-refractivity contribution in [1.82, 2.24) is 20.1 Å². The Labute approximate surface area is 138 Å². The van der Waals surface area contributed by atoms with E-state index in [2.05, 4.69) is 15.4 Å². The summed E-state index contributed by atoms with van der Waals surface area (Å²) < 4.78 is 7.19. The number of oxazole rings is 1. The molecule has 0 saturated heterocycles. The van der Waals surface area contributed by atoms with Gasteiger partial charge in [0.2, 0.25) is 0 Å². The summed E-state index contributed by atoms with van der Waals surface area (Å²) in [5.41, 5.74) is 2.63. The number of amides is 1. The summed E-state index contributed by atoms with van der Waals surface area (Å²) in [6, 6.07) is 4.86. The minimum Gasteiger partial charge on any atom is -0.441 e. The molecule has 24 heavy (non-hydrogen) atoms. The molecule has 7 heteroatoms. The molecule has 3 aromatic rings. The van der Waals surface area contributed by atoms with Crippen molar-refractivity contribution in [2.75, 3.05) is 0 Å². The van der Waals surface area contributed by atoms with Gasteiger partial charge in [-0.25, -0.2) is 4.98 Å². The lowest BCUT2D eigenvalue weighted by Crippen LogP contribution is -2.56. The summed E-state index contributed by atoms with van der Waals surface area (Å²) in [5, 5.41) is 17.3. The Morgan fingerprint density at radius 2 is 2.25 bits per heavy atom. The highest BCUT2D eigenvalue weighted by molar-refractivity contribution is 6.04. The van der Waals surface area contributed by atoms with E-state index < -0.39 is 6.10 Å². The lowest BCUT2D eigenvalue weighted by molar-refractivity contribution is -0.00587. The maximum atomic E-state index is 12.7. The third kappa shape index (κ3) is 2.37. The van der Waals surface area contributed by atoms with E-state index in [-0.39, 0.29) is 18.0 Å². The molecule has 1 aliphatic carbocycles. The predicted octanol–water partition coefficient (Wildman–Crippen LogP) is 1.75. The van der Waals surface area contributed by atoms with Crippen molar-refractivity contribution >= 4 is 17.0 Å². The van der Waals surface area contributed by atoms with E-state index in [0.29, 0.717) is 29.0 Å². The molecule has 1 aliphatic rings. The topological polar surface area (TPSA) is 93.2 Å². The molecule has 124 valence electrons. The van der Waals surface area contributed by atoms with Crippen LogP contribution >= 0.6 is 0 Å². The van der Waals surface area contributed by atoms with E-state index in [0.717, 1.165) is 5.56 Å². The number of nitrogens with zero attached hydrogens (tertiary/aromatic N) is 3. The van der Waals surface area contributed by atoms with Crippen LogP contribution in [0.2, 0.25) is 0 Å². The summed E-state index contributed by atoms with van der Waals surface area (Å²) in [7, 11) is 0. The van der Waals surface area contributed by atoms with Crippen LogP contribution in [0.25, 0.3) is 11.1 Å². The second kappa shape index (κ2) is 5.45. The van der Waals surface area contributed by atoms with Crippen LogP contribution in [-0.4, -0.2) is 37.9 Å². The largest absolute Gasteiger partial charge is 0.441 e. The Kier molecular flexibility index (Phi) is 3.38. The van der Waals surface area contributed by atoms with Gasteiger partial charge in [-0.1, -0.05) is 6.07 Å². The number of aromatic nitrogens is 3. The van der Waals surface area contributed by atoms with E-state index in [1.54, 1.807) is 36.0 Å². The van der Waals surface area contributed by atoms with Crippen LogP contribution < -0.4 is 5.32 Å². The maximum Gasteiger partial charge on any atom is 0.253 e. The highest BCUT2D eigenvalue weighted by Crippen LogP contribution is 2.33. The standard InChI is InChI=1S/C17H18N4O3/c1-9-7-18-21(8-9)16-12(6-13(16)22)20-17(23)11-4-3-5-14-15(11)19-10(2)24-14/h3-5,7-8,12-13,16,22H,6H2,1-2H3,(H,20,23)/t12-,13+,16+/m0/s1. The van der Waals surface area contributed by atoms with Crippen LogP contribution in [0.15, 0.2) is 35.0 Å². The highest BCUT2D eigenvalue weighted by Gasteiger charge is 2.43. The van der Waals surface area contributed by atoms with Crippen molar-refractivity contribution in [2.24, 2.45) is 0 Å². The fourth-order valence-corrected chi connectivity index (χ4v) is 3.20. The minimum absolute atomic E-state index is 0.171. The fourth-order valence-electron chi connectivity index (χ4n) is 3.20. The zero-order valence-corrected chi connectivity index (χ0v) is 13.4. The van der Waals surface area contributed by atoms with Gasteiger partial charge in [0, 0.05) is 13.1 Å². The lowest BCUT2D eigenvalue weighted by Gasteiger charge is -2.41. The monoisotopic (exact) mass is 326 g/mol. The molecular formula is C17H18N4O3. The molecule has 3 atom stereocenters. The zero-order chi connectivity index (χ0) is 16.8. The van der Waals surface area contributed by atoms with Crippen molar-refractivity contribution in [3.63, 3.8) is 0 Å². The molecule has 4 rings (SSSR count). The van der Waals surface area contributed by atoms with Gasteiger partial charge in [-0.2, -0.15) is 5.10 Å². The molecule has 2 N–H and O–H groups in total. The van der Waals surface area contributed by atoms with Gasteiger partial charge in [0.15, 0.2) is 11.5 Å². The Balaban J connectivity index is 1.57. The van der Waals surface area contributed by atoms with Gasteiger partial charge >= 0.3 is 0 Å². The predicted molar refractivity (Wildman–Crippen MR) is 86.6 cm³/mol. The number of para-hydroxylation sites is 1. The number of aliphatic hydroxyl groups excluding tert-OH is 1. The van der Waals surface area contributed by atoms with Crippen molar-refractivity contribution < 1.29 is 14.3 Å². The van der Waals surface area contributed by atoms with E-state index in [1.807, 2.05) is 13.1 Å². The summed E-state index contributed by atoms with van der Waals surface area (Å²) in [5.74, 6) is 0.300. The fraction of sp³-hybridized carbons (Fsp3) is 0.353. The van der Waals surface area contributed by atoms with Crippen molar-refractivity contribution in [3.8, 4) is 0 Å². The van der Waals surface area contributed by atoms with Crippen LogP contribution in [0.5, 0.6) is 0 Å². The number of rotatable bonds is 3. The first-order valence-electron chi connectivity index (χ1n) is 7.89. The van der Waals surface area contributed by atoms with Gasteiger partial charge in [-0.3, -0.25) is 9.48 Å². The molecule has 0 unspecified atom stereocenters. The number of benzene rings is 1. The first-order valence-corrected chi connectivity index (χ1v) is 7.89. The smallest absolute Gasteiger partial charge is 0.253 e. The number of carbonyl (C=O) groups is 1. The Hall–Kier alpha value is -2.67. The molecule has 0 radical (unpaired) electrons. The first kappa shape index (κ1) is 14.9. The molecular weight excluding hydrogens is 308 g/mol. The van der Waals surface area contributed by atoms with Crippen LogP contribution in [-0.2, 0) is 0 Å². The summed E-state index contributed by atoms with van der Waals surface area (Å²) >= 11 is 0. The Bertz CT molecular complexity index is 914. The minimum atomic E-state index is -0.514. The number of aryl methyl sites for hydroxylation is 2. The van der Waals surface area contributed by atoms with Crippen LogP contribution in [0.1, 0.15) is 34.3 Å². The molecule has 2 heterocycles. The molecule has 1 amide bonds. The van der Waals surface area contributed by atoms with Gasteiger partial charge in [0.05, 0.1) is 29.9 Å². The van der Waals surface area contributed by atoms with Gasteiger partial charge < -0.3 is 14.8 Å². The number of fused-ring (bicyclic) bond motifs is 1. The summed E-state index contributed by atoms with van der Waals surface area (Å²) in [4.78, 5) is 16.9. The molecule has 1 fully saturated rings. The molecule has 1 aromatic carbocycles. The number of carbonyl (C=O) groups excluding carboxylic acids is 1. The van der Waals surface area contributed by atoms with Crippen molar-refractivity contribution in [2.45, 2.75) is 38.5 Å². The first-order chi connectivity index (χ1) is 11.5. The van der Waals surface area contributed by atoms with Crippen LogP contribution in [0.3, 0.4) is 0 Å². The molecule has 0 spiro atoms. The average molecular weight is 326 g/mol. The van der Waals surface area contributed by atoms with Gasteiger partial charge in [-0.05, 0) is 31.0 Å². The normalized spacial score (nSPS) is 23.2. The lowest BCUT2D eigenvalue weighted by atomic mass is 9.83. The van der Waals surface area contributed by atoms with E-state index in [1.165, 1.54) is 0 Å². The number of aliphatic hydroxyl groups is 1. The SMILES string of the molecule is Cc1cnn([C@H]2[C@H](O)C[C@@H]2NC(=O)c2cccc3oc(C)nc23)c1. The van der Waals surface area contributed by atoms with Gasteiger partial charge in [0.1, 0.15) is 5.52 Å². The Morgan fingerprint density at radius 3 is 2.96 bits per heavy atom. The maximum absolute atomic E-state index is 12.7. The van der Waals surface area contributed by atoms with Gasteiger partial charge in [0.25, 0.3) is 5.91 Å². The molecule has 0 aliphatic heterocycles. The summed E-state index contributed by atoms with van der Waals surface area (Å²) in [6.45, 7) is 3.69.